The third-order valence-electron chi connectivity index (χ3n) is 4.71. The van der Waals surface area contributed by atoms with Crippen molar-refractivity contribution in [3.8, 4) is 0 Å². The summed E-state index contributed by atoms with van der Waals surface area (Å²) >= 11 is 0. The Morgan fingerprint density at radius 3 is 2.79 bits per heavy atom. The molecule has 2 fully saturated rings. The van der Waals surface area contributed by atoms with Crippen molar-refractivity contribution < 1.29 is 4.79 Å². The van der Waals surface area contributed by atoms with Crippen molar-refractivity contribution in [1.29, 1.82) is 0 Å². The first-order chi connectivity index (χ1) is 9.22. The van der Waals surface area contributed by atoms with Gasteiger partial charge in [0, 0.05) is 12.5 Å². The second kappa shape index (κ2) is 4.94. The van der Waals surface area contributed by atoms with E-state index in [0.717, 1.165) is 31.6 Å². The molecular weight excluding hydrogens is 240 g/mol. The maximum Gasteiger partial charge on any atom is 0.290 e. The Kier molecular flexibility index (Phi) is 3.29. The maximum absolute atomic E-state index is 12.1. The predicted octanol–water partition coefficient (Wildman–Crippen LogP) is 2.38. The lowest BCUT2D eigenvalue weighted by Crippen LogP contribution is -2.36. The molecule has 0 aliphatic heterocycles. The Balaban J connectivity index is 1.57. The summed E-state index contributed by atoms with van der Waals surface area (Å²) in [6.45, 7) is 2.98. The molecule has 5 nitrogen and oxygen atoms in total. The number of hydrogen-bond acceptors (Lipinski definition) is 3. The fourth-order valence-electron chi connectivity index (χ4n) is 3.04. The number of hydrogen-bond donors (Lipinski definition) is 2. The molecule has 0 aromatic carbocycles. The van der Waals surface area contributed by atoms with Crippen molar-refractivity contribution in [3.05, 3.63) is 11.6 Å². The lowest BCUT2D eigenvalue weighted by atomic mass is 9.83. The van der Waals surface area contributed by atoms with Gasteiger partial charge in [-0.1, -0.05) is 19.8 Å². The quantitative estimate of drug-likeness (QED) is 0.856. The number of aromatic amines is 1. The number of H-pyrrole nitrogens is 1. The number of amides is 1. The first kappa shape index (κ1) is 12.6. The van der Waals surface area contributed by atoms with E-state index in [1.165, 1.54) is 25.7 Å². The molecular formula is C14H22N4O. The number of aromatic nitrogens is 3. The Hall–Kier alpha value is -1.39. The summed E-state index contributed by atoms with van der Waals surface area (Å²) in [5.74, 6) is 1.54. The fraction of sp³-hybridized carbons (Fsp3) is 0.786. The van der Waals surface area contributed by atoms with Crippen LogP contribution < -0.4 is 5.32 Å². The van der Waals surface area contributed by atoms with E-state index in [0.29, 0.717) is 17.2 Å². The molecule has 3 rings (SSSR count). The lowest BCUT2D eigenvalue weighted by Gasteiger charge is -2.27. The monoisotopic (exact) mass is 262 g/mol. The molecule has 0 spiro atoms. The normalized spacial score (nSPS) is 21.5. The minimum atomic E-state index is -0.136. The lowest BCUT2D eigenvalue weighted by molar-refractivity contribution is 0.0918. The summed E-state index contributed by atoms with van der Waals surface area (Å²) in [7, 11) is 0. The molecule has 104 valence electrons. The van der Waals surface area contributed by atoms with Crippen molar-refractivity contribution >= 4 is 5.91 Å². The minimum absolute atomic E-state index is 0.136. The summed E-state index contributed by atoms with van der Waals surface area (Å²) in [5.41, 5.74) is 0.311. The van der Waals surface area contributed by atoms with Crippen molar-refractivity contribution in [1.82, 2.24) is 20.5 Å². The Bertz CT molecular complexity index is 458. The molecule has 5 heteroatoms. The van der Waals surface area contributed by atoms with Crippen LogP contribution in [0.25, 0.3) is 0 Å². The number of carbonyl (C=O) groups is 1. The molecule has 19 heavy (non-hydrogen) atoms. The van der Waals surface area contributed by atoms with Crippen LogP contribution in [-0.4, -0.2) is 27.6 Å². The van der Waals surface area contributed by atoms with Gasteiger partial charge in [-0.15, -0.1) is 5.10 Å². The van der Waals surface area contributed by atoms with Gasteiger partial charge in [0.1, 0.15) is 5.82 Å². The molecule has 1 aromatic rings. The third kappa shape index (κ3) is 2.65. The number of rotatable bonds is 5. The number of nitrogens with one attached hydrogen (secondary N) is 2. The number of nitrogens with zero attached hydrogens (tertiary/aromatic N) is 2. The van der Waals surface area contributed by atoms with E-state index in [1.54, 1.807) is 0 Å². The van der Waals surface area contributed by atoms with Gasteiger partial charge in [-0.25, -0.2) is 4.98 Å². The smallest absolute Gasteiger partial charge is 0.290 e. The van der Waals surface area contributed by atoms with Crippen LogP contribution in [0.2, 0.25) is 0 Å². The zero-order chi connectivity index (χ0) is 13.3. The summed E-state index contributed by atoms with van der Waals surface area (Å²) in [6, 6.07) is 0. The maximum atomic E-state index is 12.1. The van der Waals surface area contributed by atoms with Crippen LogP contribution in [0.1, 0.15) is 74.2 Å². The standard InChI is InChI=1S/C14H22N4O/c1-2-14(7-3-4-8-14)9-15-13(19)12-16-11(17-18-12)10-5-6-10/h10H,2-9H2,1H3,(H,15,19)(H,16,17,18). The van der Waals surface area contributed by atoms with Gasteiger partial charge in [0.2, 0.25) is 5.82 Å². The molecule has 2 saturated carbocycles. The first-order valence-corrected chi connectivity index (χ1v) is 7.43. The van der Waals surface area contributed by atoms with Gasteiger partial charge in [-0.05, 0) is 37.5 Å². The van der Waals surface area contributed by atoms with Crippen LogP contribution in [0.4, 0.5) is 0 Å². The highest BCUT2D eigenvalue weighted by molar-refractivity contribution is 5.90. The van der Waals surface area contributed by atoms with Gasteiger partial charge >= 0.3 is 0 Å². The van der Waals surface area contributed by atoms with E-state index in [-0.39, 0.29) is 5.91 Å². The Morgan fingerprint density at radius 1 is 1.42 bits per heavy atom. The van der Waals surface area contributed by atoms with Crippen LogP contribution in [0.5, 0.6) is 0 Å². The van der Waals surface area contributed by atoms with Gasteiger partial charge in [0.15, 0.2) is 0 Å². The van der Waals surface area contributed by atoms with Crippen LogP contribution in [-0.2, 0) is 0 Å². The van der Waals surface area contributed by atoms with E-state index in [9.17, 15) is 4.79 Å². The fourth-order valence-corrected chi connectivity index (χ4v) is 3.04. The van der Waals surface area contributed by atoms with E-state index >= 15 is 0 Å². The van der Waals surface area contributed by atoms with E-state index in [1.807, 2.05) is 0 Å². The van der Waals surface area contributed by atoms with Crippen molar-refractivity contribution in [2.45, 2.75) is 57.8 Å². The predicted molar refractivity (Wildman–Crippen MR) is 71.9 cm³/mol. The summed E-state index contributed by atoms with van der Waals surface area (Å²) in [5, 5.41) is 9.92. The SMILES string of the molecule is CCC1(CNC(=O)c2n[nH]c(C3CC3)n2)CCCC1. The third-order valence-corrected chi connectivity index (χ3v) is 4.71. The summed E-state index contributed by atoms with van der Waals surface area (Å²) in [6.07, 6.45) is 8.49. The molecule has 2 aliphatic carbocycles. The Morgan fingerprint density at radius 2 is 2.16 bits per heavy atom. The highest BCUT2D eigenvalue weighted by Crippen LogP contribution is 2.40. The molecule has 1 heterocycles. The average Bonchev–Trinajstić information content (AvgIpc) is 2.99. The van der Waals surface area contributed by atoms with E-state index < -0.39 is 0 Å². The van der Waals surface area contributed by atoms with Gasteiger partial charge < -0.3 is 5.32 Å². The highest BCUT2D eigenvalue weighted by Gasteiger charge is 2.33. The summed E-state index contributed by atoms with van der Waals surface area (Å²) in [4.78, 5) is 16.3. The van der Waals surface area contributed by atoms with E-state index in [4.69, 9.17) is 0 Å². The topological polar surface area (TPSA) is 70.7 Å². The average molecular weight is 262 g/mol. The molecule has 1 aromatic heterocycles. The van der Waals surface area contributed by atoms with Gasteiger partial charge in [0.25, 0.3) is 5.91 Å². The first-order valence-electron chi connectivity index (χ1n) is 7.43. The van der Waals surface area contributed by atoms with Gasteiger partial charge in [-0.3, -0.25) is 9.89 Å². The molecule has 0 bridgehead atoms. The number of carbonyl (C=O) groups excluding carboxylic acids is 1. The second-order valence-corrected chi connectivity index (χ2v) is 6.06. The van der Waals surface area contributed by atoms with Crippen LogP contribution in [0.3, 0.4) is 0 Å². The zero-order valence-electron chi connectivity index (χ0n) is 11.5. The molecule has 2 aliphatic rings. The van der Waals surface area contributed by atoms with Gasteiger partial charge in [-0.2, -0.15) is 0 Å². The van der Waals surface area contributed by atoms with Crippen molar-refractivity contribution in [3.63, 3.8) is 0 Å². The molecule has 0 unspecified atom stereocenters. The van der Waals surface area contributed by atoms with Gasteiger partial charge in [0.05, 0.1) is 0 Å². The molecule has 0 radical (unpaired) electrons. The Labute approximate surface area is 113 Å². The molecule has 1 amide bonds. The van der Waals surface area contributed by atoms with Crippen LogP contribution in [0.15, 0.2) is 0 Å². The van der Waals surface area contributed by atoms with Crippen molar-refractivity contribution in [2.24, 2.45) is 5.41 Å². The second-order valence-electron chi connectivity index (χ2n) is 6.06. The molecule has 0 atom stereocenters. The highest BCUT2D eigenvalue weighted by atomic mass is 16.2. The molecule has 2 N–H and O–H groups in total. The zero-order valence-corrected chi connectivity index (χ0v) is 11.5. The minimum Gasteiger partial charge on any atom is -0.349 e. The van der Waals surface area contributed by atoms with Crippen molar-refractivity contribution in [2.75, 3.05) is 6.54 Å². The molecule has 0 saturated heterocycles. The van der Waals surface area contributed by atoms with Crippen LogP contribution >= 0.6 is 0 Å². The summed E-state index contributed by atoms with van der Waals surface area (Å²) < 4.78 is 0. The largest absolute Gasteiger partial charge is 0.349 e. The van der Waals surface area contributed by atoms with Crippen LogP contribution in [0, 0.1) is 5.41 Å². The van der Waals surface area contributed by atoms with E-state index in [2.05, 4.69) is 27.4 Å².